The van der Waals surface area contributed by atoms with Crippen LogP contribution in [0.15, 0.2) is 0 Å². The van der Waals surface area contributed by atoms with Gasteiger partial charge in [0.1, 0.15) is 0 Å². The van der Waals surface area contributed by atoms with Crippen molar-refractivity contribution in [2.24, 2.45) is 11.8 Å². The smallest absolute Gasteiger partial charge is 0.309 e. The summed E-state index contributed by atoms with van der Waals surface area (Å²) in [5, 5.41) is 0. The topological polar surface area (TPSA) is 26.3 Å². The summed E-state index contributed by atoms with van der Waals surface area (Å²) >= 11 is 0. The van der Waals surface area contributed by atoms with Crippen LogP contribution in [-0.2, 0) is 9.53 Å². The Bertz CT molecular complexity index is 165. The first-order valence-electron chi connectivity index (χ1n) is 5.46. The van der Waals surface area contributed by atoms with Gasteiger partial charge >= 0.3 is 5.97 Å². The van der Waals surface area contributed by atoms with Crippen molar-refractivity contribution in [1.29, 1.82) is 0 Å². The molecule has 0 aromatic rings. The molecule has 2 heteroatoms. The van der Waals surface area contributed by atoms with Crippen molar-refractivity contribution < 1.29 is 9.53 Å². The summed E-state index contributed by atoms with van der Waals surface area (Å²) < 4.78 is 5.07. The third-order valence-electron chi connectivity index (χ3n) is 3.02. The first kappa shape index (κ1) is 10.6. The minimum atomic E-state index is 0.0362. The summed E-state index contributed by atoms with van der Waals surface area (Å²) in [4.78, 5) is 11.5. The first-order valence-corrected chi connectivity index (χ1v) is 5.46. The number of carbonyl (C=O) groups is 1. The molecule has 1 fully saturated rings. The fraction of sp³-hybridized carbons (Fsp3) is 0.909. The van der Waals surface area contributed by atoms with Gasteiger partial charge in [0.15, 0.2) is 0 Å². The number of hydrogen-bond acceptors (Lipinski definition) is 2. The van der Waals surface area contributed by atoms with E-state index in [1.54, 1.807) is 0 Å². The lowest BCUT2D eigenvalue weighted by molar-refractivity contribution is -0.151. The van der Waals surface area contributed by atoms with Crippen molar-refractivity contribution in [2.75, 3.05) is 6.61 Å². The van der Waals surface area contributed by atoms with Gasteiger partial charge in [-0.15, -0.1) is 0 Å². The first-order chi connectivity index (χ1) is 6.29. The highest BCUT2D eigenvalue weighted by Crippen LogP contribution is 2.32. The Morgan fingerprint density at radius 1 is 1.31 bits per heavy atom. The zero-order chi connectivity index (χ0) is 9.68. The van der Waals surface area contributed by atoms with E-state index in [9.17, 15) is 4.79 Å². The molecule has 0 heterocycles. The molecule has 76 valence electrons. The molecular formula is C11H20O2. The van der Waals surface area contributed by atoms with Crippen LogP contribution in [-0.4, -0.2) is 12.6 Å². The fourth-order valence-electron chi connectivity index (χ4n) is 2.26. The number of ether oxygens (including phenoxy) is 1. The van der Waals surface area contributed by atoms with Crippen LogP contribution >= 0.6 is 0 Å². The Morgan fingerprint density at radius 3 is 2.62 bits per heavy atom. The maximum Gasteiger partial charge on any atom is 0.309 e. The highest BCUT2D eigenvalue weighted by atomic mass is 16.5. The second-order valence-electron chi connectivity index (χ2n) is 3.81. The van der Waals surface area contributed by atoms with E-state index < -0.39 is 0 Å². The predicted octanol–water partition coefficient (Wildman–Crippen LogP) is 2.77. The molecule has 0 radical (unpaired) electrons. The van der Waals surface area contributed by atoms with Crippen molar-refractivity contribution in [2.45, 2.75) is 46.0 Å². The molecular weight excluding hydrogens is 164 g/mol. The summed E-state index contributed by atoms with van der Waals surface area (Å²) in [7, 11) is 0. The lowest BCUT2D eigenvalue weighted by atomic mass is 9.78. The number of rotatable bonds is 3. The van der Waals surface area contributed by atoms with Crippen molar-refractivity contribution in [3.8, 4) is 0 Å². The van der Waals surface area contributed by atoms with Crippen LogP contribution in [0, 0.1) is 11.8 Å². The maximum atomic E-state index is 11.5. The van der Waals surface area contributed by atoms with Crippen molar-refractivity contribution >= 4 is 5.97 Å². The molecule has 0 amide bonds. The molecule has 1 aliphatic carbocycles. The van der Waals surface area contributed by atoms with Crippen molar-refractivity contribution in [3.63, 3.8) is 0 Å². The Morgan fingerprint density at radius 2 is 2.00 bits per heavy atom. The van der Waals surface area contributed by atoms with E-state index in [-0.39, 0.29) is 11.9 Å². The van der Waals surface area contributed by atoms with Crippen LogP contribution in [0.2, 0.25) is 0 Å². The normalized spacial score (nSPS) is 28.5. The van der Waals surface area contributed by atoms with Gasteiger partial charge in [-0.1, -0.05) is 26.2 Å². The Labute approximate surface area is 80.7 Å². The molecule has 2 unspecified atom stereocenters. The molecule has 1 aliphatic rings. The van der Waals surface area contributed by atoms with Crippen LogP contribution in [0.1, 0.15) is 46.0 Å². The van der Waals surface area contributed by atoms with Gasteiger partial charge in [-0.2, -0.15) is 0 Å². The second kappa shape index (κ2) is 5.25. The van der Waals surface area contributed by atoms with E-state index >= 15 is 0 Å². The van der Waals surface area contributed by atoms with E-state index in [0.29, 0.717) is 12.5 Å². The number of carbonyl (C=O) groups excluding carboxylic acids is 1. The van der Waals surface area contributed by atoms with E-state index in [1.165, 1.54) is 19.3 Å². The molecule has 0 saturated heterocycles. The third kappa shape index (κ3) is 2.71. The highest BCUT2D eigenvalue weighted by Gasteiger charge is 2.30. The van der Waals surface area contributed by atoms with E-state index in [0.717, 1.165) is 12.8 Å². The van der Waals surface area contributed by atoms with Crippen molar-refractivity contribution in [3.05, 3.63) is 0 Å². The van der Waals surface area contributed by atoms with E-state index in [4.69, 9.17) is 4.74 Å². The number of hydrogen-bond donors (Lipinski definition) is 0. The molecule has 0 bridgehead atoms. The lowest BCUT2D eigenvalue weighted by Crippen LogP contribution is -2.28. The van der Waals surface area contributed by atoms with Crippen LogP contribution in [0.5, 0.6) is 0 Å². The van der Waals surface area contributed by atoms with Gasteiger partial charge in [-0.3, -0.25) is 4.79 Å². The molecule has 0 N–H and O–H groups in total. The maximum absolute atomic E-state index is 11.5. The van der Waals surface area contributed by atoms with Gasteiger partial charge in [0.05, 0.1) is 12.5 Å². The molecule has 0 spiro atoms. The Hall–Kier alpha value is -0.530. The summed E-state index contributed by atoms with van der Waals surface area (Å²) in [6.45, 7) is 4.57. The molecule has 2 atom stereocenters. The molecule has 0 aromatic heterocycles. The SMILES string of the molecule is CCOC(=O)C1CCCCC1CC. The monoisotopic (exact) mass is 184 g/mol. The quantitative estimate of drug-likeness (QED) is 0.630. The summed E-state index contributed by atoms with van der Waals surface area (Å²) in [6.07, 6.45) is 5.84. The highest BCUT2D eigenvalue weighted by molar-refractivity contribution is 5.72. The van der Waals surface area contributed by atoms with E-state index in [2.05, 4.69) is 6.92 Å². The summed E-state index contributed by atoms with van der Waals surface area (Å²) in [5.41, 5.74) is 0. The standard InChI is InChI=1S/C11H20O2/c1-3-9-7-5-6-8-10(9)11(12)13-4-2/h9-10H,3-8H2,1-2H3. The third-order valence-corrected chi connectivity index (χ3v) is 3.02. The predicted molar refractivity (Wildman–Crippen MR) is 52.4 cm³/mol. The minimum absolute atomic E-state index is 0.0362. The average Bonchev–Trinajstić information content (AvgIpc) is 2.18. The van der Waals surface area contributed by atoms with Crippen LogP contribution in [0.4, 0.5) is 0 Å². The van der Waals surface area contributed by atoms with Gasteiger partial charge < -0.3 is 4.74 Å². The number of esters is 1. The largest absolute Gasteiger partial charge is 0.466 e. The molecule has 1 saturated carbocycles. The molecule has 0 aromatic carbocycles. The van der Waals surface area contributed by atoms with Gasteiger partial charge in [-0.25, -0.2) is 0 Å². The second-order valence-corrected chi connectivity index (χ2v) is 3.81. The zero-order valence-electron chi connectivity index (χ0n) is 8.71. The summed E-state index contributed by atoms with van der Waals surface area (Å²) in [5.74, 6) is 0.806. The Kier molecular flexibility index (Phi) is 4.26. The van der Waals surface area contributed by atoms with Gasteiger partial charge in [0.25, 0.3) is 0 Å². The Balaban J connectivity index is 2.48. The van der Waals surface area contributed by atoms with E-state index in [1.807, 2.05) is 6.92 Å². The van der Waals surface area contributed by atoms with Crippen LogP contribution < -0.4 is 0 Å². The van der Waals surface area contributed by atoms with Gasteiger partial charge in [-0.05, 0) is 25.7 Å². The molecule has 2 nitrogen and oxygen atoms in total. The lowest BCUT2D eigenvalue weighted by Gasteiger charge is -2.28. The molecule has 1 rings (SSSR count). The van der Waals surface area contributed by atoms with Gasteiger partial charge in [0.2, 0.25) is 0 Å². The zero-order valence-corrected chi connectivity index (χ0v) is 8.71. The van der Waals surface area contributed by atoms with Gasteiger partial charge in [0, 0.05) is 0 Å². The average molecular weight is 184 g/mol. The summed E-state index contributed by atoms with van der Waals surface area (Å²) in [6, 6.07) is 0. The van der Waals surface area contributed by atoms with Crippen molar-refractivity contribution in [1.82, 2.24) is 0 Å². The van der Waals surface area contributed by atoms with Crippen LogP contribution in [0.25, 0.3) is 0 Å². The van der Waals surface area contributed by atoms with Crippen LogP contribution in [0.3, 0.4) is 0 Å². The molecule has 13 heavy (non-hydrogen) atoms. The molecule has 0 aliphatic heterocycles. The fourth-order valence-corrected chi connectivity index (χ4v) is 2.26. The minimum Gasteiger partial charge on any atom is -0.466 e.